The van der Waals surface area contributed by atoms with Gasteiger partial charge >= 0.3 is 0 Å². The van der Waals surface area contributed by atoms with Crippen LogP contribution in [-0.4, -0.2) is 29.8 Å². The fourth-order valence-corrected chi connectivity index (χ4v) is 2.28. The van der Waals surface area contributed by atoms with E-state index in [1.54, 1.807) is 0 Å². The van der Waals surface area contributed by atoms with E-state index in [1.165, 1.54) is 0 Å². The van der Waals surface area contributed by atoms with Crippen molar-refractivity contribution in [2.45, 2.75) is 6.10 Å². The molecule has 1 saturated heterocycles. The van der Waals surface area contributed by atoms with E-state index in [2.05, 4.69) is 15.5 Å². The van der Waals surface area contributed by atoms with E-state index in [1.807, 2.05) is 30.3 Å². The normalized spacial score (nSPS) is 19.5. The first-order valence-electron chi connectivity index (χ1n) is 6.55. The number of para-hydroxylation sites is 1. The van der Waals surface area contributed by atoms with Gasteiger partial charge in [0, 0.05) is 18.5 Å². The quantitative estimate of drug-likeness (QED) is 0.769. The van der Waals surface area contributed by atoms with E-state index in [0.717, 1.165) is 17.5 Å². The van der Waals surface area contributed by atoms with Crippen LogP contribution in [0, 0.1) is 0 Å². The Kier molecular flexibility index (Phi) is 2.75. The first kappa shape index (κ1) is 11.6. The van der Waals surface area contributed by atoms with Crippen molar-refractivity contribution in [1.29, 1.82) is 0 Å². The van der Waals surface area contributed by atoms with Gasteiger partial charge in [-0.2, -0.15) is 4.98 Å². The Labute approximate surface area is 114 Å². The van der Waals surface area contributed by atoms with Gasteiger partial charge in [-0.1, -0.05) is 23.4 Å². The molecule has 2 aromatic heterocycles. The summed E-state index contributed by atoms with van der Waals surface area (Å²) in [7, 11) is 0. The van der Waals surface area contributed by atoms with Crippen LogP contribution in [0.1, 0.15) is 11.9 Å². The average Bonchev–Trinajstić information content (AvgIpc) is 3.14. The number of nitrogens with one attached hydrogen (secondary N) is 1. The van der Waals surface area contributed by atoms with Gasteiger partial charge in [0.1, 0.15) is 11.7 Å². The van der Waals surface area contributed by atoms with Crippen LogP contribution in [0.2, 0.25) is 0 Å². The third-order valence-corrected chi connectivity index (χ3v) is 3.29. The zero-order valence-electron chi connectivity index (χ0n) is 10.7. The van der Waals surface area contributed by atoms with Crippen molar-refractivity contribution in [3.63, 3.8) is 0 Å². The molecule has 0 spiro atoms. The molecule has 0 aliphatic carbocycles. The van der Waals surface area contributed by atoms with Gasteiger partial charge in [-0.05, 0) is 12.1 Å². The smallest absolute Gasteiger partial charge is 0.293 e. The number of nitrogens with zero attached hydrogens (tertiary/aromatic N) is 2. The summed E-state index contributed by atoms with van der Waals surface area (Å²) in [6.07, 6.45) is -0.161. The van der Waals surface area contributed by atoms with Crippen LogP contribution < -0.4 is 5.32 Å². The van der Waals surface area contributed by atoms with Gasteiger partial charge in [0.25, 0.3) is 5.89 Å². The number of morpholine rings is 1. The number of aromatic nitrogens is 2. The number of hydrogen-bond donors (Lipinski definition) is 1. The lowest BCUT2D eigenvalue weighted by Crippen LogP contribution is -2.33. The average molecular weight is 271 g/mol. The van der Waals surface area contributed by atoms with Crippen LogP contribution in [0.3, 0.4) is 0 Å². The van der Waals surface area contributed by atoms with Crippen molar-refractivity contribution in [3.05, 3.63) is 36.2 Å². The molecule has 1 atom stereocenters. The third kappa shape index (κ3) is 1.99. The second-order valence-electron chi connectivity index (χ2n) is 4.67. The third-order valence-electron chi connectivity index (χ3n) is 3.29. The highest BCUT2D eigenvalue weighted by Gasteiger charge is 2.23. The molecule has 1 aliphatic rings. The van der Waals surface area contributed by atoms with Gasteiger partial charge in [0.05, 0.1) is 6.61 Å². The molecular formula is C14H13N3O3. The van der Waals surface area contributed by atoms with Gasteiger partial charge < -0.3 is 19.0 Å². The number of benzene rings is 1. The molecule has 6 heteroatoms. The molecule has 4 rings (SSSR count). The van der Waals surface area contributed by atoms with E-state index in [4.69, 9.17) is 13.7 Å². The predicted octanol–water partition coefficient (Wildman–Crippen LogP) is 2.14. The summed E-state index contributed by atoms with van der Waals surface area (Å²) in [5.41, 5.74) is 0.804. The summed E-state index contributed by atoms with van der Waals surface area (Å²) in [5.74, 6) is 1.51. The minimum absolute atomic E-state index is 0.161. The van der Waals surface area contributed by atoms with E-state index < -0.39 is 0 Å². The van der Waals surface area contributed by atoms with Crippen LogP contribution in [0.15, 0.2) is 39.3 Å². The Morgan fingerprint density at radius 2 is 2.20 bits per heavy atom. The van der Waals surface area contributed by atoms with Crippen molar-refractivity contribution in [2.24, 2.45) is 0 Å². The van der Waals surface area contributed by atoms with Crippen molar-refractivity contribution >= 4 is 11.0 Å². The summed E-state index contributed by atoms with van der Waals surface area (Å²) < 4.78 is 16.6. The molecule has 3 heterocycles. The maximum atomic E-state index is 5.70. The van der Waals surface area contributed by atoms with Gasteiger partial charge in [-0.25, -0.2) is 0 Å². The van der Waals surface area contributed by atoms with E-state index in [-0.39, 0.29) is 6.10 Å². The highest BCUT2D eigenvalue weighted by molar-refractivity contribution is 5.81. The minimum atomic E-state index is -0.161. The molecule has 1 N–H and O–H groups in total. The lowest BCUT2D eigenvalue weighted by atomic mass is 10.2. The molecule has 0 bridgehead atoms. The van der Waals surface area contributed by atoms with Crippen LogP contribution in [0.5, 0.6) is 0 Å². The molecule has 3 aromatic rings. The highest BCUT2D eigenvalue weighted by atomic mass is 16.5. The van der Waals surface area contributed by atoms with Crippen molar-refractivity contribution in [3.8, 4) is 11.7 Å². The Morgan fingerprint density at radius 3 is 3.05 bits per heavy atom. The number of ether oxygens (including phenoxy) is 1. The summed E-state index contributed by atoms with van der Waals surface area (Å²) in [6.45, 7) is 2.20. The molecule has 6 nitrogen and oxygen atoms in total. The first-order chi connectivity index (χ1) is 9.90. The number of hydrogen-bond acceptors (Lipinski definition) is 6. The summed E-state index contributed by atoms with van der Waals surface area (Å²) >= 11 is 0. The van der Waals surface area contributed by atoms with Crippen molar-refractivity contribution < 1.29 is 13.7 Å². The molecule has 0 radical (unpaired) electrons. The lowest BCUT2D eigenvalue weighted by Gasteiger charge is -2.20. The number of fused-ring (bicyclic) bond motifs is 1. The molecule has 1 fully saturated rings. The van der Waals surface area contributed by atoms with E-state index in [0.29, 0.717) is 30.6 Å². The van der Waals surface area contributed by atoms with Crippen LogP contribution in [-0.2, 0) is 4.74 Å². The van der Waals surface area contributed by atoms with Gasteiger partial charge in [0.2, 0.25) is 5.82 Å². The zero-order chi connectivity index (χ0) is 13.4. The minimum Gasteiger partial charge on any atom is -0.451 e. The standard InChI is InChI=1S/C14H13N3O3/c1-2-4-10-9(3-1)7-11(19-10)14-16-13(17-20-14)12-8-15-5-6-18-12/h1-4,7,12,15H,5-6,8H2. The Bertz CT molecular complexity index is 695. The Balaban J connectivity index is 1.66. The monoisotopic (exact) mass is 271 g/mol. The molecule has 1 aromatic carbocycles. The molecule has 0 saturated carbocycles. The molecule has 1 unspecified atom stereocenters. The Morgan fingerprint density at radius 1 is 1.25 bits per heavy atom. The lowest BCUT2D eigenvalue weighted by molar-refractivity contribution is 0.0208. The van der Waals surface area contributed by atoms with Crippen molar-refractivity contribution in [1.82, 2.24) is 15.5 Å². The molecule has 1 aliphatic heterocycles. The van der Waals surface area contributed by atoms with Gasteiger partial charge in [-0.3, -0.25) is 0 Å². The zero-order valence-corrected chi connectivity index (χ0v) is 10.7. The van der Waals surface area contributed by atoms with Crippen LogP contribution >= 0.6 is 0 Å². The maximum Gasteiger partial charge on any atom is 0.293 e. The first-order valence-corrected chi connectivity index (χ1v) is 6.55. The molecule has 0 amide bonds. The van der Waals surface area contributed by atoms with Gasteiger partial charge in [-0.15, -0.1) is 0 Å². The summed E-state index contributed by atoms with van der Waals surface area (Å²) in [5, 5.41) is 8.22. The molecule has 20 heavy (non-hydrogen) atoms. The second-order valence-corrected chi connectivity index (χ2v) is 4.67. The van der Waals surface area contributed by atoms with E-state index in [9.17, 15) is 0 Å². The topological polar surface area (TPSA) is 73.3 Å². The van der Waals surface area contributed by atoms with Crippen molar-refractivity contribution in [2.75, 3.05) is 19.7 Å². The van der Waals surface area contributed by atoms with E-state index >= 15 is 0 Å². The van der Waals surface area contributed by atoms with Crippen LogP contribution in [0.4, 0.5) is 0 Å². The maximum absolute atomic E-state index is 5.70. The summed E-state index contributed by atoms with van der Waals surface area (Å²) in [4.78, 5) is 4.36. The predicted molar refractivity (Wildman–Crippen MR) is 71.1 cm³/mol. The number of furan rings is 1. The highest BCUT2D eigenvalue weighted by Crippen LogP contribution is 2.27. The second kappa shape index (κ2) is 4.73. The SMILES string of the molecule is c1ccc2oc(-c3nc(C4CNCCO4)no3)cc2c1. The fourth-order valence-electron chi connectivity index (χ4n) is 2.28. The fraction of sp³-hybridized carbons (Fsp3) is 0.286. The molecular weight excluding hydrogens is 258 g/mol. The largest absolute Gasteiger partial charge is 0.451 e. The van der Waals surface area contributed by atoms with Crippen LogP contribution in [0.25, 0.3) is 22.6 Å². The Hall–Kier alpha value is -2.18. The summed E-state index contributed by atoms with van der Waals surface area (Å²) in [6, 6.07) is 9.67. The number of rotatable bonds is 2. The molecule has 102 valence electrons. The van der Waals surface area contributed by atoms with Gasteiger partial charge in [0.15, 0.2) is 5.76 Å².